The zero-order valence-corrected chi connectivity index (χ0v) is 10.7. The van der Waals surface area contributed by atoms with Crippen molar-refractivity contribution in [2.75, 3.05) is 0 Å². The second-order valence-corrected chi connectivity index (χ2v) is 4.67. The van der Waals surface area contributed by atoms with Crippen LogP contribution in [0.5, 0.6) is 0 Å². The molecule has 64 valence electrons. The van der Waals surface area contributed by atoms with Gasteiger partial charge >= 0.3 is 37.4 Å². The van der Waals surface area contributed by atoms with Gasteiger partial charge in [-0.3, -0.25) is 6.92 Å². The van der Waals surface area contributed by atoms with E-state index in [1.54, 1.807) is 0 Å². The Morgan fingerprint density at radius 1 is 1.18 bits per heavy atom. The van der Waals surface area contributed by atoms with Crippen LogP contribution in [0.25, 0.3) is 0 Å². The summed E-state index contributed by atoms with van der Waals surface area (Å²) in [7, 11) is -4.64. The minimum Gasteiger partial charge on any atom is -0.303 e. The Balaban J connectivity index is -0.000000107. The molecule has 4 nitrogen and oxygen atoms in total. The van der Waals surface area contributed by atoms with E-state index in [9.17, 15) is 0 Å². The first-order chi connectivity index (χ1) is 4.00. The van der Waals surface area contributed by atoms with Gasteiger partial charge in [-0.05, 0) is 0 Å². The molecule has 0 bridgehead atoms. The number of hydrogen-bond donors (Lipinski definition) is 3. The minimum absolute atomic E-state index is 0. The van der Waals surface area contributed by atoms with E-state index in [0.29, 0.717) is 0 Å². The van der Waals surface area contributed by atoms with Gasteiger partial charge in [0.15, 0.2) is 0 Å². The average molecular weight is 253 g/mol. The van der Waals surface area contributed by atoms with Gasteiger partial charge in [0.1, 0.15) is 0 Å². The molecule has 0 aromatic rings. The monoisotopic (exact) mass is 252 g/mol. The van der Waals surface area contributed by atoms with Crippen LogP contribution in [0.15, 0.2) is 0 Å². The predicted molar refractivity (Wildman–Crippen MR) is 39.9 cm³/mol. The van der Waals surface area contributed by atoms with Gasteiger partial charge in [-0.1, -0.05) is 0 Å². The summed E-state index contributed by atoms with van der Waals surface area (Å²) >= 11 is 14.8. The first-order valence-corrected chi connectivity index (χ1v) is 4.40. The number of halogens is 3. The van der Waals surface area contributed by atoms with E-state index in [2.05, 4.69) is 6.92 Å². The van der Waals surface area contributed by atoms with E-state index in [1.165, 1.54) is 0 Å². The van der Waals surface area contributed by atoms with Crippen LogP contribution in [0.1, 0.15) is 0 Å². The molecular weight excluding hydrogens is 248 g/mol. The maximum atomic E-state index is 8.88. The van der Waals surface area contributed by atoms with Crippen molar-refractivity contribution >= 4 is 42.6 Å². The third-order valence-electron chi connectivity index (χ3n) is 0. The Bertz CT molecular complexity index is 116. The molecule has 3 N–H and O–H groups in total. The van der Waals surface area contributed by atoms with Gasteiger partial charge in [-0.15, -0.1) is 34.8 Å². The van der Waals surface area contributed by atoms with E-state index in [-0.39, 0.29) is 29.6 Å². The van der Waals surface area contributed by atoms with Gasteiger partial charge in [0, 0.05) is 0 Å². The largest absolute Gasteiger partial charge is 1.00 e. The molecule has 0 unspecified atom stereocenters. The minimum atomic E-state index is -4.64. The molecule has 0 heterocycles. The second-order valence-electron chi connectivity index (χ2n) is 1.13. The third kappa shape index (κ3) is 304. The molecule has 0 saturated carbocycles. The predicted octanol–water partition coefficient (Wildman–Crippen LogP) is -1.73. The normalized spacial score (nSPS) is 10.8. The standard InChI is InChI=1S/C2H2Cl3.Na.H3O4P/c1-2(3,4)5;;1-5(2,3)4/h1H2;;(H3,1,2,3,4)/q-1;+1;. The summed E-state index contributed by atoms with van der Waals surface area (Å²) in [6, 6.07) is 0. The molecule has 9 heteroatoms. The Hall–Kier alpha value is 1.98. The van der Waals surface area contributed by atoms with Crippen molar-refractivity contribution in [3.63, 3.8) is 0 Å². The molecule has 0 atom stereocenters. The summed E-state index contributed by atoms with van der Waals surface area (Å²) in [6.07, 6.45) is 0. The summed E-state index contributed by atoms with van der Waals surface area (Å²) in [4.78, 5) is 21.6. The molecular formula is C2H5Cl3NaO4P. The zero-order valence-electron chi connectivity index (χ0n) is 5.54. The quantitative estimate of drug-likeness (QED) is 0.207. The summed E-state index contributed by atoms with van der Waals surface area (Å²) in [5.74, 6) is 0. The summed E-state index contributed by atoms with van der Waals surface area (Å²) in [5, 5.41) is 0. The molecule has 0 aromatic heterocycles. The van der Waals surface area contributed by atoms with Crippen LogP contribution in [0, 0.1) is 6.92 Å². The average Bonchev–Trinajstić information content (AvgIpc) is 1.12. The third-order valence-corrected chi connectivity index (χ3v) is 0. The second kappa shape index (κ2) is 7.39. The number of alkyl halides is 3. The van der Waals surface area contributed by atoms with Gasteiger partial charge in [0.2, 0.25) is 0 Å². The molecule has 0 rings (SSSR count). The van der Waals surface area contributed by atoms with Crippen molar-refractivity contribution in [2.45, 2.75) is 3.79 Å². The first kappa shape index (κ1) is 18.7. The number of phosphoric acid groups is 1. The Morgan fingerprint density at radius 2 is 1.18 bits per heavy atom. The fourth-order valence-electron chi connectivity index (χ4n) is 0. The van der Waals surface area contributed by atoms with Crippen molar-refractivity contribution in [3.05, 3.63) is 6.92 Å². The number of rotatable bonds is 0. The molecule has 11 heavy (non-hydrogen) atoms. The maximum absolute atomic E-state index is 8.88. The molecule has 0 aromatic carbocycles. The molecule has 0 aliphatic rings. The topological polar surface area (TPSA) is 77.8 Å². The molecule has 0 radical (unpaired) electrons. The van der Waals surface area contributed by atoms with Crippen LogP contribution in [0.4, 0.5) is 0 Å². The van der Waals surface area contributed by atoms with Gasteiger partial charge in [0.25, 0.3) is 0 Å². The summed E-state index contributed by atoms with van der Waals surface area (Å²) in [5.41, 5.74) is 0. The van der Waals surface area contributed by atoms with E-state index in [1.807, 2.05) is 0 Å². The molecule has 0 aliphatic carbocycles. The van der Waals surface area contributed by atoms with Crippen molar-refractivity contribution in [1.29, 1.82) is 0 Å². The van der Waals surface area contributed by atoms with Crippen LogP contribution in [-0.2, 0) is 4.57 Å². The molecule has 0 saturated heterocycles. The van der Waals surface area contributed by atoms with Crippen LogP contribution < -0.4 is 29.6 Å². The fourth-order valence-corrected chi connectivity index (χ4v) is 0. The summed E-state index contributed by atoms with van der Waals surface area (Å²) < 4.78 is 7.55. The first-order valence-electron chi connectivity index (χ1n) is 1.70. The Morgan fingerprint density at radius 3 is 1.18 bits per heavy atom. The van der Waals surface area contributed by atoms with Gasteiger partial charge in [-0.2, -0.15) is 0 Å². The Kier molecular flexibility index (Phi) is 12.6. The van der Waals surface area contributed by atoms with Gasteiger partial charge < -0.3 is 14.7 Å². The van der Waals surface area contributed by atoms with Gasteiger partial charge in [0.05, 0.1) is 3.79 Å². The zero-order chi connectivity index (χ0) is 9.00. The molecule has 0 spiro atoms. The number of hydrogen-bond acceptors (Lipinski definition) is 1. The maximum Gasteiger partial charge on any atom is 1.00 e. The van der Waals surface area contributed by atoms with Crippen LogP contribution in [0.3, 0.4) is 0 Å². The molecule has 0 fully saturated rings. The van der Waals surface area contributed by atoms with Crippen LogP contribution in [-0.4, -0.2) is 18.5 Å². The molecule has 0 aliphatic heterocycles. The SMILES string of the molecule is O=P(O)(O)O.[CH2-]C(Cl)(Cl)Cl.[Na+]. The smallest absolute Gasteiger partial charge is 0.303 e. The van der Waals surface area contributed by atoms with Crippen LogP contribution in [0.2, 0.25) is 0 Å². The van der Waals surface area contributed by atoms with E-state index >= 15 is 0 Å². The van der Waals surface area contributed by atoms with Crippen molar-refractivity contribution in [3.8, 4) is 0 Å². The fraction of sp³-hybridized carbons (Fsp3) is 0.500. The molecule has 0 amide bonds. The van der Waals surface area contributed by atoms with Crippen LogP contribution >= 0.6 is 42.6 Å². The van der Waals surface area contributed by atoms with Crippen molar-refractivity contribution in [1.82, 2.24) is 0 Å². The van der Waals surface area contributed by atoms with Crippen molar-refractivity contribution < 1.29 is 48.8 Å². The van der Waals surface area contributed by atoms with E-state index in [4.69, 9.17) is 54.0 Å². The summed E-state index contributed by atoms with van der Waals surface area (Å²) in [6.45, 7) is 3.07. The van der Waals surface area contributed by atoms with E-state index in [0.717, 1.165) is 0 Å². The van der Waals surface area contributed by atoms with Gasteiger partial charge in [-0.25, -0.2) is 4.57 Å². The Labute approximate surface area is 101 Å². The van der Waals surface area contributed by atoms with E-state index < -0.39 is 11.6 Å². The van der Waals surface area contributed by atoms with Crippen molar-refractivity contribution in [2.24, 2.45) is 0 Å².